The first-order valence-electron chi connectivity index (χ1n) is 6.92. The van der Waals surface area contributed by atoms with E-state index < -0.39 is 0 Å². The predicted octanol–water partition coefficient (Wildman–Crippen LogP) is 3.93. The van der Waals surface area contributed by atoms with Crippen molar-refractivity contribution in [3.8, 4) is 11.3 Å². The second kappa shape index (κ2) is 6.17. The molecule has 0 radical (unpaired) electrons. The van der Waals surface area contributed by atoms with Crippen LogP contribution in [0.4, 0.5) is 0 Å². The van der Waals surface area contributed by atoms with Crippen LogP contribution in [-0.4, -0.2) is 23.1 Å². The Morgan fingerprint density at radius 2 is 2.00 bits per heavy atom. The maximum atomic E-state index is 6.22. The number of aromatic amines is 1. The first-order chi connectivity index (χ1) is 9.72. The van der Waals surface area contributed by atoms with E-state index in [-0.39, 0.29) is 0 Å². The SMILES string of the molecule is Clc1ccc(Cl)c(-c2cnc(CC3CCNCC3)[nH]2)c1. The fourth-order valence-corrected chi connectivity index (χ4v) is 3.06. The highest BCUT2D eigenvalue weighted by molar-refractivity contribution is 6.35. The third-order valence-electron chi connectivity index (χ3n) is 3.79. The van der Waals surface area contributed by atoms with Gasteiger partial charge in [-0.2, -0.15) is 0 Å². The molecule has 1 aliphatic rings. The maximum Gasteiger partial charge on any atom is 0.106 e. The van der Waals surface area contributed by atoms with Gasteiger partial charge in [-0.05, 0) is 50.0 Å². The Kier molecular flexibility index (Phi) is 4.29. The van der Waals surface area contributed by atoms with E-state index in [9.17, 15) is 0 Å². The highest BCUT2D eigenvalue weighted by Crippen LogP contribution is 2.29. The van der Waals surface area contributed by atoms with Gasteiger partial charge in [0.2, 0.25) is 0 Å². The third-order valence-corrected chi connectivity index (χ3v) is 4.35. The third kappa shape index (κ3) is 3.17. The maximum absolute atomic E-state index is 6.22. The molecule has 2 aromatic rings. The lowest BCUT2D eigenvalue weighted by Gasteiger charge is -2.21. The van der Waals surface area contributed by atoms with Gasteiger partial charge in [-0.3, -0.25) is 0 Å². The van der Waals surface area contributed by atoms with Crippen molar-refractivity contribution in [3.63, 3.8) is 0 Å². The van der Waals surface area contributed by atoms with Crippen molar-refractivity contribution in [2.24, 2.45) is 5.92 Å². The van der Waals surface area contributed by atoms with Gasteiger partial charge in [-0.25, -0.2) is 4.98 Å². The monoisotopic (exact) mass is 309 g/mol. The molecule has 0 atom stereocenters. The molecule has 106 valence electrons. The van der Waals surface area contributed by atoms with E-state index in [1.165, 1.54) is 12.8 Å². The van der Waals surface area contributed by atoms with E-state index in [2.05, 4.69) is 15.3 Å². The Labute approximate surface area is 128 Å². The zero-order valence-electron chi connectivity index (χ0n) is 11.1. The van der Waals surface area contributed by atoms with E-state index >= 15 is 0 Å². The normalized spacial score (nSPS) is 16.5. The minimum atomic E-state index is 0.680. The number of aromatic nitrogens is 2. The Morgan fingerprint density at radius 3 is 2.80 bits per heavy atom. The molecule has 0 unspecified atom stereocenters. The van der Waals surface area contributed by atoms with Crippen LogP contribution in [0.2, 0.25) is 10.0 Å². The van der Waals surface area contributed by atoms with Crippen LogP contribution in [0, 0.1) is 5.92 Å². The van der Waals surface area contributed by atoms with Gasteiger partial charge in [0.25, 0.3) is 0 Å². The van der Waals surface area contributed by atoms with Crippen LogP contribution in [-0.2, 0) is 6.42 Å². The summed E-state index contributed by atoms with van der Waals surface area (Å²) in [7, 11) is 0. The molecule has 2 N–H and O–H groups in total. The number of piperidine rings is 1. The number of nitrogens with zero attached hydrogens (tertiary/aromatic N) is 1. The highest BCUT2D eigenvalue weighted by atomic mass is 35.5. The summed E-state index contributed by atoms with van der Waals surface area (Å²) in [6, 6.07) is 5.47. The first-order valence-corrected chi connectivity index (χ1v) is 7.68. The topological polar surface area (TPSA) is 40.7 Å². The summed E-state index contributed by atoms with van der Waals surface area (Å²) >= 11 is 12.2. The summed E-state index contributed by atoms with van der Waals surface area (Å²) in [5, 5.41) is 4.75. The molecule has 2 heterocycles. The average molecular weight is 310 g/mol. The molecule has 1 aliphatic heterocycles. The molecule has 0 amide bonds. The number of hydrogen-bond acceptors (Lipinski definition) is 2. The summed E-state index contributed by atoms with van der Waals surface area (Å²) in [5.74, 6) is 1.74. The van der Waals surface area contributed by atoms with Crippen LogP contribution in [0.3, 0.4) is 0 Å². The van der Waals surface area contributed by atoms with E-state index in [0.29, 0.717) is 16.0 Å². The van der Waals surface area contributed by atoms with Gasteiger partial charge in [-0.1, -0.05) is 23.2 Å². The molecule has 0 spiro atoms. The summed E-state index contributed by atoms with van der Waals surface area (Å²) in [5.41, 5.74) is 1.84. The second-order valence-electron chi connectivity index (χ2n) is 5.27. The van der Waals surface area contributed by atoms with Gasteiger partial charge in [0.1, 0.15) is 5.82 Å². The molecule has 0 saturated carbocycles. The zero-order valence-corrected chi connectivity index (χ0v) is 12.6. The van der Waals surface area contributed by atoms with Gasteiger partial charge in [0.15, 0.2) is 0 Å². The Bertz CT molecular complexity index is 589. The Hall–Kier alpha value is -1.03. The van der Waals surface area contributed by atoms with Crippen molar-refractivity contribution in [2.45, 2.75) is 19.3 Å². The summed E-state index contributed by atoms with van der Waals surface area (Å²) in [4.78, 5) is 7.85. The van der Waals surface area contributed by atoms with Crippen molar-refractivity contribution < 1.29 is 0 Å². The molecular weight excluding hydrogens is 293 g/mol. The summed E-state index contributed by atoms with van der Waals surface area (Å²) < 4.78 is 0. The fourth-order valence-electron chi connectivity index (χ4n) is 2.67. The van der Waals surface area contributed by atoms with Gasteiger partial charge in [-0.15, -0.1) is 0 Å². The lowest BCUT2D eigenvalue weighted by molar-refractivity contribution is 0.368. The number of imidazole rings is 1. The summed E-state index contributed by atoms with van der Waals surface area (Å²) in [6.45, 7) is 2.22. The number of halogens is 2. The van der Waals surface area contributed by atoms with Crippen molar-refractivity contribution in [1.29, 1.82) is 0 Å². The minimum absolute atomic E-state index is 0.680. The standard InChI is InChI=1S/C15H17Cl2N3/c16-11-1-2-13(17)12(8-11)14-9-19-15(20-14)7-10-3-5-18-6-4-10/h1-2,8-10,18H,3-7H2,(H,19,20). The molecule has 5 heteroatoms. The summed E-state index contributed by atoms with van der Waals surface area (Å²) in [6.07, 6.45) is 5.27. The molecule has 3 nitrogen and oxygen atoms in total. The van der Waals surface area contributed by atoms with Crippen LogP contribution in [0.5, 0.6) is 0 Å². The van der Waals surface area contributed by atoms with Crippen LogP contribution in [0.25, 0.3) is 11.3 Å². The number of rotatable bonds is 3. The second-order valence-corrected chi connectivity index (χ2v) is 6.11. The number of hydrogen-bond donors (Lipinski definition) is 2. The van der Waals surface area contributed by atoms with E-state index in [4.69, 9.17) is 23.2 Å². The lowest BCUT2D eigenvalue weighted by Crippen LogP contribution is -2.28. The van der Waals surface area contributed by atoms with Crippen LogP contribution < -0.4 is 5.32 Å². The molecule has 3 rings (SSSR count). The largest absolute Gasteiger partial charge is 0.342 e. The highest BCUT2D eigenvalue weighted by Gasteiger charge is 2.16. The Balaban J connectivity index is 1.77. The minimum Gasteiger partial charge on any atom is -0.342 e. The first kappa shape index (κ1) is 13.9. The van der Waals surface area contributed by atoms with Gasteiger partial charge in [0.05, 0.1) is 16.9 Å². The van der Waals surface area contributed by atoms with Crippen molar-refractivity contribution in [2.75, 3.05) is 13.1 Å². The smallest absolute Gasteiger partial charge is 0.106 e. The molecule has 1 saturated heterocycles. The number of nitrogens with one attached hydrogen (secondary N) is 2. The average Bonchev–Trinajstić information content (AvgIpc) is 2.91. The van der Waals surface area contributed by atoms with Crippen molar-refractivity contribution in [1.82, 2.24) is 15.3 Å². The molecule has 0 bridgehead atoms. The van der Waals surface area contributed by atoms with E-state index in [0.717, 1.165) is 36.6 Å². The molecule has 1 fully saturated rings. The molecule has 1 aromatic carbocycles. The van der Waals surface area contributed by atoms with E-state index in [1.807, 2.05) is 18.3 Å². The predicted molar refractivity (Wildman–Crippen MR) is 83.3 cm³/mol. The van der Waals surface area contributed by atoms with Crippen molar-refractivity contribution >= 4 is 23.2 Å². The van der Waals surface area contributed by atoms with Crippen molar-refractivity contribution in [3.05, 3.63) is 40.3 Å². The van der Waals surface area contributed by atoms with Crippen LogP contribution >= 0.6 is 23.2 Å². The molecule has 0 aliphatic carbocycles. The zero-order chi connectivity index (χ0) is 13.9. The van der Waals surface area contributed by atoms with Crippen LogP contribution in [0.15, 0.2) is 24.4 Å². The number of benzene rings is 1. The van der Waals surface area contributed by atoms with E-state index in [1.54, 1.807) is 6.07 Å². The van der Waals surface area contributed by atoms with Gasteiger partial charge in [0, 0.05) is 17.0 Å². The van der Waals surface area contributed by atoms with Gasteiger partial charge < -0.3 is 10.3 Å². The molecular formula is C15H17Cl2N3. The number of H-pyrrole nitrogens is 1. The Morgan fingerprint density at radius 1 is 1.20 bits per heavy atom. The molecule has 1 aromatic heterocycles. The van der Waals surface area contributed by atoms with Crippen LogP contribution in [0.1, 0.15) is 18.7 Å². The van der Waals surface area contributed by atoms with Gasteiger partial charge >= 0.3 is 0 Å². The lowest BCUT2D eigenvalue weighted by atomic mass is 9.94. The quantitative estimate of drug-likeness (QED) is 0.902. The fraction of sp³-hybridized carbons (Fsp3) is 0.400. The molecule has 20 heavy (non-hydrogen) atoms.